The zero-order chi connectivity index (χ0) is 8.43. The minimum absolute atomic E-state index is 0.319. The molecule has 1 aliphatic heterocycles. The first kappa shape index (κ1) is 8.11. The number of likely N-dealkylation sites (tertiary alicyclic amines) is 1. The van der Waals surface area contributed by atoms with Gasteiger partial charge in [-0.25, -0.2) is 4.79 Å². The maximum absolute atomic E-state index is 10.5. The lowest BCUT2D eigenvalue weighted by molar-refractivity contribution is 0.134. The predicted molar refractivity (Wildman–Crippen MR) is 42.5 cm³/mol. The summed E-state index contributed by atoms with van der Waals surface area (Å²) < 4.78 is 0. The predicted octanol–water partition coefficient (Wildman–Crippen LogP) is 1.56. The fourth-order valence-corrected chi connectivity index (χ4v) is 1.25. The minimum atomic E-state index is -0.815. The Labute approximate surface area is 66.3 Å². The third kappa shape index (κ3) is 1.73. The summed E-state index contributed by atoms with van der Waals surface area (Å²) in [6.07, 6.45) is -0.00245. The summed E-state index contributed by atoms with van der Waals surface area (Å²) in [6.45, 7) is 7.10. The number of hydrogen-bond donors (Lipinski definition) is 1. The van der Waals surface area contributed by atoms with E-state index in [1.807, 2.05) is 6.92 Å². The van der Waals surface area contributed by atoms with Crippen molar-refractivity contribution < 1.29 is 9.90 Å². The molecular formula is C8H13NO2. The fourth-order valence-electron chi connectivity index (χ4n) is 1.25. The van der Waals surface area contributed by atoms with Crippen LogP contribution < -0.4 is 0 Å². The molecule has 0 spiro atoms. The highest BCUT2D eigenvalue weighted by atomic mass is 16.4. The van der Waals surface area contributed by atoms with Crippen molar-refractivity contribution >= 4 is 6.09 Å². The normalized spacial score (nSPS) is 25.4. The molecule has 1 saturated heterocycles. The highest BCUT2D eigenvalue weighted by molar-refractivity contribution is 5.65. The van der Waals surface area contributed by atoms with Crippen LogP contribution in [0.15, 0.2) is 12.2 Å². The van der Waals surface area contributed by atoms with Crippen LogP contribution in [0.4, 0.5) is 4.79 Å². The highest BCUT2D eigenvalue weighted by Crippen LogP contribution is 2.19. The van der Waals surface area contributed by atoms with Crippen LogP contribution in [0.3, 0.4) is 0 Å². The van der Waals surface area contributed by atoms with Crippen molar-refractivity contribution in [3.8, 4) is 0 Å². The van der Waals surface area contributed by atoms with Crippen molar-refractivity contribution in [3.63, 3.8) is 0 Å². The molecule has 1 fully saturated rings. The van der Waals surface area contributed by atoms with Gasteiger partial charge in [0, 0.05) is 13.1 Å². The summed E-state index contributed by atoms with van der Waals surface area (Å²) in [5.74, 6) is 0.319. The van der Waals surface area contributed by atoms with Gasteiger partial charge in [-0.15, -0.1) is 0 Å². The van der Waals surface area contributed by atoms with E-state index in [9.17, 15) is 4.79 Å². The molecule has 3 nitrogen and oxygen atoms in total. The van der Waals surface area contributed by atoms with Crippen molar-refractivity contribution in [1.29, 1.82) is 0 Å². The molecule has 1 aliphatic rings. The third-order valence-electron chi connectivity index (χ3n) is 2.16. The Morgan fingerprint density at radius 1 is 1.82 bits per heavy atom. The molecule has 1 amide bonds. The Morgan fingerprint density at radius 3 is 2.91 bits per heavy atom. The van der Waals surface area contributed by atoms with Crippen LogP contribution in [-0.4, -0.2) is 29.2 Å². The summed E-state index contributed by atoms with van der Waals surface area (Å²) in [5, 5.41) is 8.64. The van der Waals surface area contributed by atoms with Crippen molar-refractivity contribution in [2.45, 2.75) is 13.3 Å². The summed E-state index contributed by atoms with van der Waals surface area (Å²) in [7, 11) is 0. The zero-order valence-electron chi connectivity index (χ0n) is 6.71. The van der Waals surface area contributed by atoms with Crippen molar-refractivity contribution in [2.75, 3.05) is 13.1 Å². The molecule has 1 heterocycles. The molecule has 0 bridgehead atoms. The molecule has 0 saturated carbocycles. The molecule has 0 unspecified atom stereocenters. The summed E-state index contributed by atoms with van der Waals surface area (Å²) in [6, 6.07) is 0. The molecule has 62 valence electrons. The van der Waals surface area contributed by atoms with Crippen molar-refractivity contribution in [3.05, 3.63) is 12.2 Å². The van der Waals surface area contributed by atoms with Crippen LogP contribution in [-0.2, 0) is 0 Å². The molecular weight excluding hydrogens is 142 g/mol. The largest absolute Gasteiger partial charge is 0.465 e. The Kier molecular flexibility index (Phi) is 2.17. The van der Waals surface area contributed by atoms with Gasteiger partial charge in [-0.3, -0.25) is 0 Å². The van der Waals surface area contributed by atoms with Crippen LogP contribution in [0.25, 0.3) is 0 Å². The molecule has 0 aromatic heterocycles. The summed E-state index contributed by atoms with van der Waals surface area (Å²) >= 11 is 0. The average molecular weight is 155 g/mol. The average Bonchev–Trinajstić information content (AvgIpc) is 1.94. The van der Waals surface area contributed by atoms with E-state index in [0.29, 0.717) is 19.0 Å². The lowest BCUT2D eigenvalue weighted by Gasteiger charge is -2.30. The van der Waals surface area contributed by atoms with Gasteiger partial charge in [0.05, 0.1) is 0 Å². The smallest absolute Gasteiger partial charge is 0.407 e. The Bertz CT molecular complexity index is 189. The van der Waals surface area contributed by atoms with Gasteiger partial charge < -0.3 is 10.0 Å². The molecule has 0 radical (unpaired) electrons. The molecule has 11 heavy (non-hydrogen) atoms. The molecule has 0 aromatic carbocycles. The van der Waals surface area contributed by atoms with Gasteiger partial charge in [0.25, 0.3) is 0 Å². The number of carboxylic acid groups (broad SMARTS) is 1. The monoisotopic (exact) mass is 155 g/mol. The van der Waals surface area contributed by atoms with E-state index in [-0.39, 0.29) is 0 Å². The van der Waals surface area contributed by atoms with E-state index in [2.05, 4.69) is 6.58 Å². The standard InChI is InChI=1S/C8H13NO2/c1-6-3-4-9(8(10)11)5-7(6)2/h7H,1,3-5H2,2H3,(H,10,11)/t7-/m1/s1. The number of amides is 1. The number of nitrogens with zero attached hydrogens (tertiary/aromatic N) is 1. The first-order valence-corrected chi connectivity index (χ1v) is 3.77. The van der Waals surface area contributed by atoms with Gasteiger partial charge in [0.15, 0.2) is 0 Å². The number of piperidine rings is 1. The summed E-state index contributed by atoms with van der Waals surface area (Å²) in [4.78, 5) is 11.9. The van der Waals surface area contributed by atoms with Crippen LogP contribution in [0.5, 0.6) is 0 Å². The van der Waals surface area contributed by atoms with E-state index in [1.54, 1.807) is 0 Å². The molecule has 1 atom stereocenters. The van der Waals surface area contributed by atoms with Gasteiger partial charge in [-0.05, 0) is 12.3 Å². The lowest BCUT2D eigenvalue weighted by Crippen LogP contribution is -2.38. The zero-order valence-corrected chi connectivity index (χ0v) is 6.71. The first-order chi connectivity index (χ1) is 5.11. The van der Waals surface area contributed by atoms with Gasteiger partial charge in [0.2, 0.25) is 0 Å². The molecule has 0 aromatic rings. The van der Waals surface area contributed by atoms with Crippen LogP contribution in [0.1, 0.15) is 13.3 Å². The second-order valence-electron chi connectivity index (χ2n) is 3.04. The van der Waals surface area contributed by atoms with Crippen molar-refractivity contribution in [2.24, 2.45) is 5.92 Å². The highest BCUT2D eigenvalue weighted by Gasteiger charge is 2.22. The van der Waals surface area contributed by atoms with Gasteiger partial charge in [0.1, 0.15) is 0 Å². The van der Waals surface area contributed by atoms with E-state index < -0.39 is 6.09 Å². The van der Waals surface area contributed by atoms with Crippen molar-refractivity contribution in [1.82, 2.24) is 4.90 Å². The Balaban J connectivity index is 2.52. The molecule has 1 N–H and O–H groups in total. The Morgan fingerprint density at radius 2 is 2.45 bits per heavy atom. The van der Waals surface area contributed by atoms with E-state index in [1.165, 1.54) is 10.5 Å². The quantitative estimate of drug-likeness (QED) is 0.539. The minimum Gasteiger partial charge on any atom is -0.465 e. The van der Waals surface area contributed by atoms with Crippen LogP contribution >= 0.6 is 0 Å². The maximum atomic E-state index is 10.5. The van der Waals surface area contributed by atoms with Crippen LogP contribution in [0.2, 0.25) is 0 Å². The fraction of sp³-hybridized carbons (Fsp3) is 0.625. The first-order valence-electron chi connectivity index (χ1n) is 3.77. The number of rotatable bonds is 0. The molecule has 0 aliphatic carbocycles. The van der Waals surface area contributed by atoms with Gasteiger partial charge in [-0.1, -0.05) is 19.1 Å². The summed E-state index contributed by atoms with van der Waals surface area (Å²) in [5.41, 5.74) is 1.17. The molecule has 1 rings (SSSR count). The second-order valence-corrected chi connectivity index (χ2v) is 3.04. The van der Waals surface area contributed by atoms with Gasteiger partial charge in [-0.2, -0.15) is 0 Å². The van der Waals surface area contributed by atoms with Crippen LogP contribution in [0, 0.1) is 5.92 Å². The maximum Gasteiger partial charge on any atom is 0.407 e. The lowest BCUT2D eigenvalue weighted by atomic mass is 9.95. The third-order valence-corrected chi connectivity index (χ3v) is 2.16. The van der Waals surface area contributed by atoms with E-state index in [0.717, 1.165) is 6.42 Å². The van der Waals surface area contributed by atoms with E-state index >= 15 is 0 Å². The topological polar surface area (TPSA) is 40.5 Å². The molecule has 3 heteroatoms. The Hall–Kier alpha value is -0.990. The number of carbonyl (C=O) groups is 1. The number of hydrogen-bond acceptors (Lipinski definition) is 1. The second kappa shape index (κ2) is 2.95. The van der Waals surface area contributed by atoms with Gasteiger partial charge >= 0.3 is 6.09 Å². The van der Waals surface area contributed by atoms with E-state index in [4.69, 9.17) is 5.11 Å². The SMILES string of the molecule is C=C1CCN(C(=O)O)C[C@H]1C.